The summed E-state index contributed by atoms with van der Waals surface area (Å²) in [4.78, 5) is 16.5. The van der Waals surface area contributed by atoms with Gasteiger partial charge in [0.25, 0.3) is 0 Å². The monoisotopic (exact) mass is 587 g/mol. The average Bonchev–Trinajstić information content (AvgIpc) is 3.35. The summed E-state index contributed by atoms with van der Waals surface area (Å²) >= 11 is 12.5. The fourth-order valence-electron chi connectivity index (χ4n) is 4.15. The molecule has 206 valence electrons. The molecule has 0 aliphatic rings. The Morgan fingerprint density at radius 3 is 2.36 bits per heavy atom. The molecule has 0 saturated heterocycles. The third-order valence-corrected chi connectivity index (χ3v) is 6.81. The van der Waals surface area contributed by atoms with Crippen molar-refractivity contribution in [1.29, 1.82) is 0 Å². The van der Waals surface area contributed by atoms with Crippen molar-refractivity contribution in [3.63, 3.8) is 0 Å². The van der Waals surface area contributed by atoms with Crippen molar-refractivity contribution in [2.75, 3.05) is 7.11 Å². The summed E-state index contributed by atoms with van der Waals surface area (Å²) in [6.07, 6.45) is 4.75. The lowest BCUT2D eigenvalue weighted by Crippen LogP contribution is -2.19. The lowest BCUT2D eigenvalue weighted by molar-refractivity contribution is 0.0600. The molecule has 2 N–H and O–H groups in total. The van der Waals surface area contributed by atoms with Gasteiger partial charge in [-0.1, -0.05) is 60.8 Å². The van der Waals surface area contributed by atoms with Crippen LogP contribution in [0.3, 0.4) is 0 Å². The molecule has 0 unspecified atom stereocenters. The van der Waals surface area contributed by atoms with Gasteiger partial charge in [0.2, 0.25) is 0 Å². The topological polar surface area (TPSA) is 79.4 Å². The zero-order chi connectivity index (χ0) is 27.1. The van der Waals surface area contributed by atoms with E-state index in [1.807, 2.05) is 54.7 Å². The number of hydrogen-bond donors (Lipinski definition) is 1. The van der Waals surface area contributed by atoms with Gasteiger partial charge in [0.15, 0.2) is 0 Å². The summed E-state index contributed by atoms with van der Waals surface area (Å²) in [6.45, 7) is 3.39. The van der Waals surface area contributed by atoms with Crippen LogP contribution < -0.4 is 10.5 Å². The van der Waals surface area contributed by atoms with Crippen LogP contribution in [0, 0.1) is 0 Å². The maximum absolute atomic E-state index is 11.6. The molecule has 0 amide bonds. The Balaban J connectivity index is 0.00000420. The van der Waals surface area contributed by atoms with Crippen molar-refractivity contribution in [2.45, 2.75) is 45.4 Å². The second-order valence-electron chi connectivity index (χ2n) is 9.09. The first-order valence-electron chi connectivity index (χ1n) is 12.5. The first-order valence-corrected chi connectivity index (χ1v) is 13.3. The number of carbonyl (C=O) groups excluding carboxylic acids is 1. The average molecular weight is 589 g/mol. The van der Waals surface area contributed by atoms with E-state index in [-0.39, 0.29) is 24.4 Å². The van der Waals surface area contributed by atoms with Gasteiger partial charge in [-0.25, -0.2) is 9.78 Å². The van der Waals surface area contributed by atoms with Crippen LogP contribution in [-0.2, 0) is 24.3 Å². The van der Waals surface area contributed by atoms with Crippen LogP contribution in [0.5, 0.6) is 5.75 Å². The Morgan fingerprint density at radius 2 is 1.72 bits per heavy atom. The Hall–Kier alpha value is -3.03. The third-order valence-electron chi connectivity index (χ3n) is 6.26. The van der Waals surface area contributed by atoms with E-state index < -0.39 is 0 Å². The Morgan fingerprint density at radius 1 is 1.03 bits per heavy atom. The number of hydrogen-bond acceptors (Lipinski definition) is 5. The maximum Gasteiger partial charge on any atom is 0.337 e. The highest BCUT2D eigenvalue weighted by Crippen LogP contribution is 2.31. The summed E-state index contributed by atoms with van der Waals surface area (Å²) in [6, 6.07) is 20.2. The van der Waals surface area contributed by atoms with Crippen LogP contribution in [0.15, 0.2) is 72.9 Å². The lowest BCUT2D eigenvalue weighted by atomic mass is 10.1. The van der Waals surface area contributed by atoms with E-state index >= 15 is 0 Å². The zero-order valence-corrected chi connectivity index (χ0v) is 24.2. The molecular weight excluding hydrogens is 557 g/mol. The number of aromatic nitrogens is 2. The number of nitrogens with zero attached hydrogens (tertiary/aromatic N) is 2. The summed E-state index contributed by atoms with van der Waals surface area (Å²) in [7, 11) is 1.37. The molecular formula is C30H32Cl3N3O3. The van der Waals surface area contributed by atoms with Gasteiger partial charge in [0.1, 0.15) is 18.2 Å². The number of rotatable bonds is 11. The van der Waals surface area contributed by atoms with E-state index in [9.17, 15) is 4.79 Å². The number of methoxy groups -OCH3 is 1. The Labute approximate surface area is 245 Å². The number of unbranched alkanes of at least 4 members (excludes halogenated alkanes) is 1. The molecule has 0 aliphatic carbocycles. The van der Waals surface area contributed by atoms with Gasteiger partial charge < -0.3 is 19.8 Å². The predicted molar refractivity (Wildman–Crippen MR) is 159 cm³/mol. The number of esters is 1. The van der Waals surface area contributed by atoms with Gasteiger partial charge >= 0.3 is 5.97 Å². The first kappa shape index (κ1) is 30.5. The van der Waals surface area contributed by atoms with Crippen molar-refractivity contribution < 1.29 is 14.3 Å². The molecule has 3 aromatic carbocycles. The van der Waals surface area contributed by atoms with Crippen LogP contribution in [0.1, 0.15) is 53.1 Å². The van der Waals surface area contributed by atoms with Gasteiger partial charge in [0, 0.05) is 23.3 Å². The lowest BCUT2D eigenvalue weighted by Gasteiger charge is -2.14. The summed E-state index contributed by atoms with van der Waals surface area (Å²) in [5.74, 6) is 1.22. The van der Waals surface area contributed by atoms with Crippen LogP contribution >= 0.6 is 35.6 Å². The minimum absolute atomic E-state index is 0. The molecule has 9 heteroatoms. The second kappa shape index (κ2) is 14.4. The highest BCUT2D eigenvalue weighted by Gasteiger charge is 2.18. The predicted octanol–water partition coefficient (Wildman–Crippen LogP) is 7.69. The van der Waals surface area contributed by atoms with Crippen molar-refractivity contribution >= 4 is 41.6 Å². The van der Waals surface area contributed by atoms with Gasteiger partial charge in [0.05, 0.1) is 29.4 Å². The summed E-state index contributed by atoms with van der Waals surface area (Å²) < 4.78 is 12.8. The maximum atomic E-state index is 11.6. The number of halogens is 3. The number of ether oxygens (including phenoxy) is 2. The van der Waals surface area contributed by atoms with E-state index in [1.54, 1.807) is 18.2 Å². The largest absolute Gasteiger partial charge is 0.489 e. The normalized spacial score (nSPS) is 11.5. The smallest absolute Gasteiger partial charge is 0.337 e. The molecule has 0 fully saturated rings. The first-order chi connectivity index (χ1) is 18.4. The molecule has 0 bridgehead atoms. The van der Waals surface area contributed by atoms with Gasteiger partial charge in [-0.3, -0.25) is 0 Å². The van der Waals surface area contributed by atoms with Gasteiger partial charge in [-0.2, -0.15) is 0 Å². The van der Waals surface area contributed by atoms with Crippen LogP contribution in [0.2, 0.25) is 10.0 Å². The Bertz CT molecular complexity index is 1370. The number of nitrogens with two attached hydrogens (primary N) is 1. The highest BCUT2D eigenvalue weighted by atomic mass is 35.5. The van der Waals surface area contributed by atoms with Gasteiger partial charge in [-0.15, -0.1) is 12.4 Å². The second-order valence-corrected chi connectivity index (χ2v) is 9.93. The fourth-order valence-corrected chi connectivity index (χ4v) is 4.65. The van der Waals surface area contributed by atoms with E-state index in [0.717, 1.165) is 53.3 Å². The van der Waals surface area contributed by atoms with E-state index in [1.165, 1.54) is 7.11 Å². The minimum Gasteiger partial charge on any atom is -0.489 e. The molecule has 1 aromatic heterocycles. The van der Waals surface area contributed by atoms with Crippen molar-refractivity contribution in [3.8, 4) is 17.0 Å². The highest BCUT2D eigenvalue weighted by molar-refractivity contribution is 6.36. The zero-order valence-electron chi connectivity index (χ0n) is 21.9. The van der Waals surface area contributed by atoms with Gasteiger partial charge in [-0.05, 0) is 66.4 Å². The molecule has 6 nitrogen and oxygen atoms in total. The van der Waals surface area contributed by atoms with E-state index in [0.29, 0.717) is 28.6 Å². The molecule has 4 aromatic rings. The van der Waals surface area contributed by atoms with Crippen LogP contribution in [-0.4, -0.2) is 22.6 Å². The molecule has 1 atom stereocenters. The quantitative estimate of drug-likeness (QED) is 0.182. The third kappa shape index (κ3) is 7.99. The number of benzene rings is 3. The molecule has 0 aliphatic heterocycles. The molecule has 0 saturated carbocycles. The van der Waals surface area contributed by atoms with E-state index in [4.69, 9.17) is 43.4 Å². The van der Waals surface area contributed by atoms with Crippen molar-refractivity contribution in [3.05, 3.63) is 105 Å². The molecule has 1 heterocycles. The fraction of sp³-hybridized carbons (Fsp3) is 0.267. The van der Waals surface area contributed by atoms with E-state index in [2.05, 4.69) is 11.5 Å². The van der Waals surface area contributed by atoms with Crippen LogP contribution in [0.4, 0.5) is 0 Å². The Kier molecular flexibility index (Phi) is 11.3. The SMILES string of the molecule is CCCCn1cc(-c2ccc(Cl)cc2Cl)nc1[C@@H](N)Cc1ccc(OCc2ccc(C(=O)OC)cc2)cc1.Cl. The number of aryl methyl sites for hydroxylation is 1. The number of imidazole rings is 1. The minimum atomic E-state index is -0.357. The van der Waals surface area contributed by atoms with Crippen LogP contribution in [0.25, 0.3) is 11.3 Å². The standard InChI is InChI=1S/C30H31Cl2N3O3.ClH/c1-3-4-15-35-18-28(25-14-11-23(31)17-26(25)32)34-29(35)27(33)16-20-7-12-24(13-8-20)38-19-21-5-9-22(10-6-21)30(36)37-2;/h5-14,17-18,27H,3-4,15-16,19,33H2,1-2H3;1H/t27-;/m0./s1. The summed E-state index contributed by atoms with van der Waals surface area (Å²) in [5, 5.41) is 1.15. The number of carbonyl (C=O) groups is 1. The molecule has 39 heavy (non-hydrogen) atoms. The van der Waals surface area contributed by atoms with Crippen molar-refractivity contribution in [1.82, 2.24) is 9.55 Å². The molecule has 0 radical (unpaired) electrons. The van der Waals surface area contributed by atoms with Crippen molar-refractivity contribution in [2.24, 2.45) is 5.73 Å². The summed E-state index contributed by atoms with van der Waals surface area (Å²) in [5.41, 5.74) is 10.8. The molecule has 4 rings (SSSR count). The molecule has 0 spiro atoms.